The molecule has 0 radical (unpaired) electrons. The first kappa shape index (κ1) is 29.6. The summed E-state index contributed by atoms with van der Waals surface area (Å²) in [5, 5.41) is 6.38. The highest BCUT2D eigenvalue weighted by Gasteiger charge is 2.26. The summed E-state index contributed by atoms with van der Waals surface area (Å²) in [5.74, 6) is 0. The summed E-state index contributed by atoms with van der Waals surface area (Å²) in [6.07, 6.45) is 0.784. The second-order valence-electron chi connectivity index (χ2n) is 10.6. The Morgan fingerprint density at radius 3 is 2.17 bits per heavy atom. The third-order valence-electron chi connectivity index (χ3n) is 7.45. The highest BCUT2D eigenvalue weighted by atomic mass is 32.2. The summed E-state index contributed by atoms with van der Waals surface area (Å²) in [6, 6.07) is 27.6. The molecule has 0 spiro atoms. The fraction of sp³-hybridized carbons (Fsp3) is 0.344. The van der Waals surface area contributed by atoms with Gasteiger partial charge >= 0.3 is 0 Å². The number of nitrogens with one attached hydrogen (secondary N) is 1. The van der Waals surface area contributed by atoms with Crippen molar-refractivity contribution in [1.82, 2.24) is 24.4 Å². The number of hydrogen-bond donors (Lipinski definition) is 1. The number of rotatable bonds is 13. The van der Waals surface area contributed by atoms with Crippen molar-refractivity contribution in [1.29, 1.82) is 0 Å². The molecule has 1 N–H and O–H groups in total. The zero-order chi connectivity index (χ0) is 28.5. The molecular formula is C32H39N5O2S2. The Kier molecular flexibility index (Phi) is 10.3. The molecule has 0 unspecified atom stereocenters. The summed E-state index contributed by atoms with van der Waals surface area (Å²) in [4.78, 5) is 9.93. The quantitative estimate of drug-likeness (QED) is 0.239. The maximum absolute atomic E-state index is 13.6. The second kappa shape index (κ2) is 14.3. The Bertz CT molecular complexity index is 1450. The van der Waals surface area contributed by atoms with Crippen molar-refractivity contribution in [2.24, 2.45) is 0 Å². The number of likely N-dealkylation sites (N-methyl/N-ethyl adjacent to an activating group) is 1. The largest absolute Gasteiger partial charge is 0.309 e. The summed E-state index contributed by atoms with van der Waals surface area (Å²) in [5.41, 5.74) is 4.29. The van der Waals surface area contributed by atoms with Gasteiger partial charge in [0.1, 0.15) is 5.01 Å². The van der Waals surface area contributed by atoms with Crippen LogP contribution in [0.3, 0.4) is 0 Å². The SMILES string of the molecule is CN1CCN(CCCN(Cc2csc(-c3ccc(CNCc4ccccc4)cc3)n2)S(=O)(=O)c2ccccc2)CC1. The van der Waals surface area contributed by atoms with Crippen molar-refractivity contribution >= 4 is 21.4 Å². The summed E-state index contributed by atoms with van der Waals surface area (Å²) in [7, 11) is -1.49. The summed E-state index contributed by atoms with van der Waals surface area (Å²) < 4.78 is 28.9. The summed E-state index contributed by atoms with van der Waals surface area (Å²) >= 11 is 1.56. The molecule has 0 aliphatic carbocycles. The van der Waals surface area contributed by atoms with Crippen LogP contribution < -0.4 is 5.32 Å². The van der Waals surface area contributed by atoms with E-state index in [0.717, 1.165) is 68.5 Å². The Morgan fingerprint density at radius 2 is 1.49 bits per heavy atom. The Balaban J connectivity index is 1.22. The Morgan fingerprint density at radius 1 is 0.854 bits per heavy atom. The Hall–Kier alpha value is -2.92. The van der Waals surface area contributed by atoms with Crippen molar-refractivity contribution in [2.75, 3.05) is 46.3 Å². The highest BCUT2D eigenvalue weighted by molar-refractivity contribution is 7.89. The van der Waals surface area contributed by atoms with E-state index in [-0.39, 0.29) is 6.54 Å². The van der Waals surface area contributed by atoms with Gasteiger partial charge in [-0.15, -0.1) is 11.3 Å². The van der Waals surface area contributed by atoms with Gasteiger partial charge in [-0.3, -0.25) is 0 Å². The number of aromatic nitrogens is 1. The van der Waals surface area contributed by atoms with Crippen LogP contribution in [0.5, 0.6) is 0 Å². The van der Waals surface area contributed by atoms with E-state index in [9.17, 15) is 8.42 Å². The number of sulfonamides is 1. The number of piperazine rings is 1. The lowest BCUT2D eigenvalue weighted by atomic mass is 10.1. The standard InChI is InChI=1S/C32H39N5O2S2/c1-35-19-21-36(22-20-35)17-8-18-37(41(38,39)31-11-6-3-7-12-31)25-30-26-40-32(34-30)29-15-13-28(14-16-29)24-33-23-27-9-4-2-5-10-27/h2-7,9-16,26,33H,8,17-25H2,1H3. The molecule has 7 nitrogen and oxygen atoms in total. The van der Waals surface area contributed by atoms with E-state index < -0.39 is 10.0 Å². The van der Waals surface area contributed by atoms with Gasteiger partial charge in [0.2, 0.25) is 10.0 Å². The third-order valence-corrected chi connectivity index (χ3v) is 10.3. The molecule has 0 saturated carbocycles. The second-order valence-corrected chi connectivity index (χ2v) is 13.4. The van der Waals surface area contributed by atoms with E-state index in [4.69, 9.17) is 4.98 Å². The molecule has 0 bridgehead atoms. The monoisotopic (exact) mass is 589 g/mol. The molecule has 1 saturated heterocycles. The maximum atomic E-state index is 13.6. The maximum Gasteiger partial charge on any atom is 0.243 e. The van der Waals surface area contributed by atoms with Crippen LogP contribution in [0.15, 0.2) is 95.2 Å². The lowest BCUT2D eigenvalue weighted by molar-refractivity contribution is 0.150. The van der Waals surface area contributed by atoms with Gasteiger partial charge < -0.3 is 15.1 Å². The van der Waals surface area contributed by atoms with Gasteiger partial charge in [-0.2, -0.15) is 4.31 Å². The molecule has 3 aromatic carbocycles. The van der Waals surface area contributed by atoms with Crippen LogP contribution in [-0.4, -0.2) is 73.8 Å². The van der Waals surface area contributed by atoms with Crippen molar-refractivity contribution < 1.29 is 8.42 Å². The molecule has 1 aliphatic rings. The molecule has 1 aliphatic heterocycles. The molecule has 4 aromatic rings. The minimum Gasteiger partial charge on any atom is -0.309 e. The van der Waals surface area contributed by atoms with Crippen molar-refractivity contribution in [3.8, 4) is 10.6 Å². The van der Waals surface area contributed by atoms with E-state index in [1.807, 2.05) is 17.5 Å². The molecule has 0 amide bonds. The molecule has 0 atom stereocenters. The average molecular weight is 590 g/mol. The van der Waals surface area contributed by atoms with Gasteiger partial charge in [0.15, 0.2) is 0 Å². The molecule has 216 valence electrons. The van der Waals surface area contributed by atoms with Crippen LogP contribution in [0.2, 0.25) is 0 Å². The zero-order valence-corrected chi connectivity index (χ0v) is 25.3. The molecule has 5 rings (SSSR count). The van der Waals surface area contributed by atoms with Crippen LogP contribution in [-0.2, 0) is 29.7 Å². The molecule has 1 aromatic heterocycles. The number of nitrogens with zero attached hydrogens (tertiary/aromatic N) is 4. The molecule has 9 heteroatoms. The number of thiazole rings is 1. The van der Waals surface area contributed by atoms with Crippen LogP contribution >= 0.6 is 11.3 Å². The highest BCUT2D eigenvalue weighted by Crippen LogP contribution is 2.26. The average Bonchev–Trinajstić information content (AvgIpc) is 3.48. The molecule has 2 heterocycles. The Labute approximate surface area is 248 Å². The number of benzene rings is 3. The first-order valence-corrected chi connectivity index (χ1v) is 16.5. The van der Waals surface area contributed by atoms with Gasteiger partial charge in [-0.25, -0.2) is 13.4 Å². The minimum absolute atomic E-state index is 0.262. The van der Waals surface area contributed by atoms with Gasteiger partial charge in [-0.1, -0.05) is 72.8 Å². The van der Waals surface area contributed by atoms with Gasteiger partial charge in [0, 0.05) is 56.8 Å². The third kappa shape index (κ3) is 8.31. The molecule has 1 fully saturated rings. The van der Waals surface area contributed by atoms with Crippen LogP contribution in [0, 0.1) is 0 Å². The first-order chi connectivity index (χ1) is 20.0. The first-order valence-electron chi connectivity index (χ1n) is 14.2. The van der Waals surface area contributed by atoms with Crippen LogP contribution in [0.1, 0.15) is 23.2 Å². The van der Waals surface area contributed by atoms with E-state index in [1.165, 1.54) is 11.1 Å². The van der Waals surface area contributed by atoms with Gasteiger partial charge in [-0.05, 0) is 43.3 Å². The molecular weight excluding hydrogens is 551 g/mol. The fourth-order valence-corrected chi connectivity index (χ4v) is 7.26. The van der Waals surface area contributed by atoms with Crippen molar-refractivity contribution in [3.63, 3.8) is 0 Å². The van der Waals surface area contributed by atoms with Crippen LogP contribution in [0.25, 0.3) is 10.6 Å². The zero-order valence-electron chi connectivity index (χ0n) is 23.7. The fourth-order valence-electron chi connectivity index (χ4n) is 4.97. The van der Waals surface area contributed by atoms with Gasteiger partial charge in [0.25, 0.3) is 0 Å². The van der Waals surface area contributed by atoms with Crippen molar-refractivity contribution in [3.05, 3.63) is 107 Å². The lowest BCUT2D eigenvalue weighted by Crippen LogP contribution is -2.45. The van der Waals surface area contributed by atoms with Gasteiger partial charge in [0.05, 0.1) is 17.1 Å². The predicted molar refractivity (Wildman–Crippen MR) is 167 cm³/mol. The summed E-state index contributed by atoms with van der Waals surface area (Å²) in [6.45, 7) is 7.40. The number of hydrogen-bond acceptors (Lipinski definition) is 7. The topological polar surface area (TPSA) is 68.8 Å². The van der Waals surface area contributed by atoms with E-state index in [2.05, 4.69) is 70.7 Å². The predicted octanol–water partition coefficient (Wildman–Crippen LogP) is 4.93. The minimum atomic E-state index is -3.64. The van der Waals surface area contributed by atoms with E-state index in [1.54, 1.807) is 39.9 Å². The lowest BCUT2D eigenvalue weighted by Gasteiger charge is -2.32. The molecule has 41 heavy (non-hydrogen) atoms. The smallest absolute Gasteiger partial charge is 0.243 e. The normalized spacial score (nSPS) is 15.0. The van der Waals surface area contributed by atoms with Crippen LogP contribution in [0.4, 0.5) is 0 Å². The van der Waals surface area contributed by atoms with E-state index in [0.29, 0.717) is 11.4 Å². The van der Waals surface area contributed by atoms with E-state index >= 15 is 0 Å². The van der Waals surface area contributed by atoms with Crippen molar-refractivity contribution in [2.45, 2.75) is 31.0 Å².